The van der Waals surface area contributed by atoms with Gasteiger partial charge >= 0.3 is 0 Å². The van der Waals surface area contributed by atoms with Gasteiger partial charge < -0.3 is 10.6 Å². The fourth-order valence-electron chi connectivity index (χ4n) is 4.12. The highest BCUT2D eigenvalue weighted by Crippen LogP contribution is 2.35. The minimum Gasteiger partial charge on any atom is -0.339 e. The van der Waals surface area contributed by atoms with Gasteiger partial charge in [0.1, 0.15) is 0 Å². The van der Waals surface area contributed by atoms with Crippen LogP contribution >= 0.6 is 12.4 Å². The number of nitrogens with zero attached hydrogens (tertiary/aromatic N) is 1. The molecule has 1 aliphatic heterocycles. The van der Waals surface area contributed by atoms with Gasteiger partial charge in [0.15, 0.2) is 0 Å². The molecule has 4 heteroatoms. The van der Waals surface area contributed by atoms with E-state index in [2.05, 4.69) is 18.7 Å². The minimum atomic E-state index is 0. The van der Waals surface area contributed by atoms with E-state index in [4.69, 9.17) is 5.73 Å². The lowest BCUT2D eigenvalue weighted by Crippen LogP contribution is -2.50. The van der Waals surface area contributed by atoms with Crippen LogP contribution in [0.25, 0.3) is 0 Å². The Labute approximate surface area is 130 Å². The van der Waals surface area contributed by atoms with Gasteiger partial charge in [0.2, 0.25) is 5.91 Å². The number of likely N-dealkylation sites (tertiary alicyclic amines) is 1. The quantitative estimate of drug-likeness (QED) is 0.867. The van der Waals surface area contributed by atoms with Crippen LogP contribution in [0.5, 0.6) is 0 Å². The molecule has 0 aromatic rings. The van der Waals surface area contributed by atoms with Crippen LogP contribution in [0.15, 0.2) is 0 Å². The van der Waals surface area contributed by atoms with Gasteiger partial charge in [0.25, 0.3) is 0 Å². The third-order valence-electron chi connectivity index (χ3n) is 5.26. The molecule has 0 radical (unpaired) electrons. The van der Waals surface area contributed by atoms with Crippen molar-refractivity contribution >= 4 is 18.3 Å². The van der Waals surface area contributed by atoms with Crippen LogP contribution in [-0.4, -0.2) is 29.9 Å². The van der Waals surface area contributed by atoms with Gasteiger partial charge in [-0.15, -0.1) is 12.4 Å². The largest absolute Gasteiger partial charge is 0.339 e. The number of carbonyl (C=O) groups is 1. The van der Waals surface area contributed by atoms with E-state index in [1.165, 1.54) is 25.7 Å². The number of hydrogen-bond donors (Lipinski definition) is 1. The van der Waals surface area contributed by atoms with Gasteiger partial charge in [-0.3, -0.25) is 4.79 Å². The Morgan fingerprint density at radius 1 is 1.25 bits per heavy atom. The molecule has 2 N–H and O–H groups in total. The molecule has 3 nitrogen and oxygen atoms in total. The van der Waals surface area contributed by atoms with Crippen molar-refractivity contribution in [2.45, 2.75) is 64.8 Å². The molecule has 4 atom stereocenters. The molecular weight excluding hydrogens is 272 g/mol. The summed E-state index contributed by atoms with van der Waals surface area (Å²) in [5.74, 6) is 1.73. The molecule has 1 saturated carbocycles. The van der Waals surface area contributed by atoms with E-state index in [0.29, 0.717) is 30.3 Å². The lowest BCUT2D eigenvalue weighted by Gasteiger charge is -2.42. The molecule has 1 amide bonds. The highest BCUT2D eigenvalue weighted by atomic mass is 35.5. The highest BCUT2D eigenvalue weighted by Gasteiger charge is 2.39. The summed E-state index contributed by atoms with van der Waals surface area (Å²) < 4.78 is 0. The van der Waals surface area contributed by atoms with E-state index >= 15 is 0 Å². The zero-order chi connectivity index (χ0) is 13.8. The molecule has 2 rings (SSSR count). The van der Waals surface area contributed by atoms with E-state index in [1.807, 2.05) is 0 Å². The monoisotopic (exact) mass is 302 g/mol. The zero-order valence-electron chi connectivity index (χ0n) is 13.0. The van der Waals surface area contributed by atoms with Crippen molar-refractivity contribution in [1.82, 2.24) is 4.90 Å². The SMILES string of the molecule is CCCC1C(C)CCCN1C(=O)[C@@H]1CCC[C@@H]1CN.Cl. The predicted molar refractivity (Wildman–Crippen MR) is 85.9 cm³/mol. The lowest BCUT2D eigenvalue weighted by molar-refractivity contribution is -0.142. The van der Waals surface area contributed by atoms with Crippen LogP contribution in [-0.2, 0) is 4.79 Å². The van der Waals surface area contributed by atoms with E-state index < -0.39 is 0 Å². The molecule has 1 aliphatic carbocycles. The third-order valence-corrected chi connectivity index (χ3v) is 5.26. The highest BCUT2D eigenvalue weighted by molar-refractivity contribution is 5.85. The van der Waals surface area contributed by atoms with Gasteiger partial charge in [0, 0.05) is 18.5 Å². The van der Waals surface area contributed by atoms with Crippen LogP contribution in [0.1, 0.15) is 58.8 Å². The predicted octanol–water partition coefficient (Wildman–Crippen LogP) is 3.21. The summed E-state index contributed by atoms with van der Waals surface area (Å²) in [6.07, 6.45) is 8.17. The van der Waals surface area contributed by atoms with Crippen LogP contribution in [0.3, 0.4) is 0 Å². The number of carbonyl (C=O) groups excluding carboxylic acids is 1. The zero-order valence-corrected chi connectivity index (χ0v) is 13.8. The Balaban J connectivity index is 0.00000200. The first kappa shape index (κ1) is 17.8. The van der Waals surface area contributed by atoms with Crippen LogP contribution in [0.4, 0.5) is 0 Å². The summed E-state index contributed by atoms with van der Waals surface area (Å²) in [5.41, 5.74) is 5.84. The second-order valence-corrected chi connectivity index (χ2v) is 6.54. The standard InChI is InChI=1S/C16H30N2O.ClH/c1-3-6-15-12(2)7-5-10-18(15)16(19)14-9-4-8-13(14)11-17;/h12-15H,3-11,17H2,1-2H3;1H/t12?,13-,14-,15?;/m1./s1. The molecular formula is C16H31ClN2O. The number of halogens is 1. The molecule has 118 valence electrons. The second-order valence-electron chi connectivity index (χ2n) is 6.54. The first-order chi connectivity index (χ1) is 9.19. The Morgan fingerprint density at radius 2 is 2.00 bits per heavy atom. The number of piperidine rings is 1. The maximum absolute atomic E-state index is 12.9. The Kier molecular flexibility index (Phi) is 7.32. The topological polar surface area (TPSA) is 46.3 Å². The van der Waals surface area contributed by atoms with Gasteiger partial charge in [-0.05, 0) is 50.5 Å². The number of nitrogens with two attached hydrogens (primary N) is 1. The molecule has 20 heavy (non-hydrogen) atoms. The van der Waals surface area contributed by atoms with Crippen molar-refractivity contribution in [3.8, 4) is 0 Å². The van der Waals surface area contributed by atoms with Crippen molar-refractivity contribution < 1.29 is 4.79 Å². The maximum Gasteiger partial charge on any atom is 0.226 e. The Hall–Kier alpha value is -0.280. The summed E-state index contributed by atoms with van der Waals surface area (Å²) in [6.45, 7) is 6.19. The summed E-state index contributed by atoms with van der Waals surface area (Å²) in [4.78, 5) is 15.1. The molecule has 1 saturated heterocycles. The first-order valence-electron chi connectivity index (χ1n) is 8.19. The molecule has 2 fully saturated rings. The van der Waals surface area contributed by atoms with E-state index in [-0.39, 0.29) is 18.3 Å². The summed E-state index contributed by atoms with van der Waals surface area (Å²) in [5, 5.41) is 0. The number of hydrogen-bond acceptors (Lipinski definition) is 2. The van der Waals surface area contributed by atoms with Crippen molar-refractivity contribution in [2.24, 2.45) is 23.5 Å². The molecule has 0 spiro atoms. The molecule has 1 heterocycles. The minimum absolute atomic E-state index is 0. The van der Waals surface area contributed by atoms with Crippen LogP contribution < -0.4 is 5.73 Å². The van der Waals surface area contributed by atoms with Crippen molar-refractivity contribution in [2.75, 3.05) is 13.1 Å². The smallest absolute Gasteiger partial charge is 0.226 e. The normalized spacial score (nSPS) is 33.9. The average Bonchev–Trinajstić information content (AvgIpc) is 2.89. The van der Waals surface area contributed by atoms with Gasteiger partial charge in [-0.1, -0.05) is 26.7 Å². The molecule has 2 aliphatic rings. The van der Waals surface area contributed by atoms with E-state index in [1.54, 1.807) is 0 Å². The van der Waals surface area contributed by atoms with E-state index in [9.17, 15) is 4.79 Å². The fraction of sp³-hybridized carbons (Fsp3) is 0.938. The Bertz CT molecular complexity index is 311. The second kappa shape index (κ2) is 8.23. The molecule has 2 unspecified atom stereocenters. The number of amides is 1. The Morgan fingerprint density at radius 3 is 2.65 bits per heavy atom. The van der Waals surface area contributed by atoms with Crippen molar-refractivity contribution in [1.29, 1.82) is 0 Å². The fourth-order valence-corrected chi connectivity index (χ4v) is 4.12. The van der Waals surface area contributed by atoms with Gasteiger partial charge in [0.05, 0.1) is 0 Å². The van der Waals surface area contributed by atoms with Crippen LogP contribution in [0, 0.1) is 17.8 Å². The molecule has 0 aromatic carbocycles. The van der Waals surface area contributed by atoms with Gasteiger partial charge in [-0.25, -0.2) is 0 Å². The summed E-state index contributed by atoms with van der Waals surface area (Å²) >= 11 is 0. The summed E-state index contributed by atoms with van der Waals surface area (Å²) in [7, 11) is 0. The average molecular weight is 303 g/mol. The first-order valence-corrected chi connectivity index (χ1v) is 8.19. The third kappa shape index (κ3) is 3.67. The van der Waals surface area contributed by atoms with Gasteiger partial charge in [-0.2, -0.15) is 0 Å². The maximum atomic E-state index is 12.9. The van der Waals surface area contributed by atoms with E-state index in [0.717, 1.165) is 25.8 Å². The van der Waals surface area contributed by atoms with Crippen molar-refractivity contribution in [3.05, 3.63) is 0 Å². The summed E-state index contributed by atoms with van der Waals surface area (Å²) in [6, 6.07) is 0.477. The lowest BCUT2D eigenvalue weighted by atomic mass is 9.85. The molecule has 0 aromatic heterocycles. The van der Waals surface area contributed by atoms with Crippen LogP contribution in [0.2, 0.25) is 0 Å². The number of rotatable bonds is 4. The van der Waals surface area contributed by atoms with Crippen molar-refractivity contribution in [3.63, 3.8) is 0 Å². The molecule has 0 bridgehead atoms.